The first kappa shape index (κ1) is 19.0. The number of benzene rings is 2. The van der Waals surface area contributed by atoms with Crippen molar-refractivity contribution in [2.75, 3.05) is 6.54 Å². The summed E-state index contributed by atoms with van der Waals surface area (Å²) < 4.78 is 0. The van der Waals surface area contributed by atoms with Crippen molar-refractivity contribution in [1.82, 2.24) is 15.2 Å². The highest BCUT2D eigenvalue weighted by Gasteiger charge is 2.26. The number of fused-ring (bicyclic) bond motifs is 1. The zero-order valence-electron chi connectivity index (χ0n) is 16.2. The van der Waals surface area contributed by atoms with Crippen molar-refractivity contribution < 1.29 is 0 Å². The molecule has 0 amide bonds. The zero-order valence-corrected chi connectivity index (χ0v) is 17.0. The SMILES string of the molecule is CCc1ccc(C[C@@H](N)CN2N=C(c3ccc4[nH]nc(C)c4c3)SC2N)cc1. The predicted molar refractivity (Wildman–Crippen MR) is 117 cm³/mol. The van der Waals surface area contributed by atoms with E-state index in [1.807, 2.05) is 18.0 Å². The third kappa shape index (κ3) is 3.92. The van der Waals surface area contributed by atoms with Crippen molar-refractivity contribution in [3.63, 3.8) is 0 Å². The molecule has 7 heteroatoms. The van der Waals surface area contributed by atoms with Gasteiger partial charge in [0.25, 0.3) is 0 Å². The number of hydrazone groups is 1. The molecular weight excluding hydrogens is 368 g/mol. The Morgan fingerprint density at radius 3 is 2.68 bits per heavy atom. The van der Waals surface area contributed by atoms with Crippen LogP contribution in [0.5, 0.6) is 0 Å². The molecule has 0 saturated carbocycles. The summed E-state index contributed by atoms with van der Waals surface area (Å²) in [5, 5.41) is 16.0. The van der Waals surface area contributed by atoms with E-state index in [1.54, 1.807) is 11.8 Å². The summed E-state index contributed by atoms with van der Waals surface area (Å²) in [6.45, 7) is 4.78. The van der Waals surface area contributed by atoms with E-state index in [9.17, 15) is 0 Å². The Kier molecular flexibility index (Phi) is 5.39. The van der Waals surface area contributed by atoms with E-state index in [2.05, 4.69) is 53.5 Å². The van der Waals surface area contributed by atoms with Crippen molar-refractivity contribution in [2.24, 2.45) is 16.6 Å². The van der Waals surface area contributed by atoms with E-state index in [0.29, 0.717) is 6.54 Å². The predicted octanol–water partition coefficient (Wildman–Crippen LogP) is 2.96. The van der Waals surface area contributed by atoms with Gasteiger partial charge >= 0.3 is 0 Å². The molecule has 0 fully saturated rings. The second kappa shape index (κ2) is 7.95. The van der Waals surface area contributed by atoms with Gasteiger partial charge in [-0.3, -0.25) is 10.1 Å². The van der Waals surface area contributed by atoms with Gasteiger partial charge in [0.15, 0.2) is 0 Å². The van der Waals surface area contributed by atoms with Gasteiger partial charge in [-0.1, -0.05) is 49.0 Å². The molecule has 2 heterocycles. The Bertz CT molecular complexity index is 994. The summed E-state index contributed by atoms with van der Waals surface area (Å²) in [5.41, 5.74) is 18.1. The maximum Gasteiger partial charge on any atom is 0.147 e. The minimum absolute atomic E-state index is 0.0270. The molecule has 3 aromatic rings. The van der Waals surface area contributed by atoms with Gasteiger partial charge in [-0.2, -0.15) is 10.2 Å². The average Bonchev–Trinajstić information content (AvgIpc) is 3.25. The lowest BCUT2D eigenvalue weighted by molar-refractivity contribution is 0.261. The third-order valence-electron chi connectivity index (χ3n) is 5.10. The number of aromatic amines is 1. The topological polar surface area (TPSA) is 96.3 Å². The summed E-state index contributed by atoms with van der Waals surface area (Å²) in [6.07, 6.45) is 1.86. The Hall–Kier alpha value is -2.35. The number of nitrogens with two attached hydrogens (primary N) is 2. The second-order valence-electron chi connectivity index (χ2n) is 7.24. The molecule has 4 rings (SSSR count). The van der Waals surface area contributed by atoms with Crippen LogP contribution in [0.4, 0.5) is 0 Å². The molecule has 146 valence electrons. The smallest absolute Gasteiger partial charge is 0.147 e. The lowest BCUT2D eigenvalue weighted by Crippen LogP contribution is -2.42. The number of nitrogens with one attached hydrogen (secondary N) is 1. The van der Waals surface area contributed by atoms with Crippen molar-refractivity contribution in [3.05, 3.63) is 64.8 Å². The average molecular weight is 395 g/mol. The number of thioether (sulfide) groups is 1. The first-order valence-electron chi connectivity index (χ1n) is 9.59. The standard InChI is InChI=1S/C21H26N6S/c1-3-14-4-6-15(7-5-14)10-17(22)12-27-21(23)28-20(26-27)16-8-9-19-18(11-16)13(2)24-25-19/h4-9,11,17,21H,3,10,12,22-23H2,1-2H3,(H,24,25)/t17-,21?/m1/s1. The number of hydrogen-bond acceptors (Lipinski definition) is 6. The maximum atomic E-state index is 6.39. The van der Waals surface area contributed by atoms with Crippen molar-refractivity contribution >= 4 is 27.7 Å². The Labute approximate surface area is 169 Å². The van der Waals surface area contributed by atoms with Crippen LogP contribution in [0.2, 0.25) is 0 Å². The fraction of sp³-hybridized carbons (Fsp3) is 0.333. The zero-order chi connectivity index (χ0) is 19.7. The normalized spacial score (nSPS) is 17.9. The Morgan fingerprint density at radius 1 is 1.18 bits per heavy atom. The summed E-state index contributed by atoms with van der Waals surface area (Å²) in [6, 6.07) is 14.8. The molecule has 0 bridgehead atoms. The van der Waals surface area contributed by atoms with Crippen molar-refractivity contribution in [3.8, 4) is 0 Å². The molecule has 5 N–H and O–H groups in total. The highest BCUT2D eigenvalue weighted by molar-refractivity contribution is 8.15. The third-order valence-corrected chi connectivity index (χ3v) is 6.12. The van der Waals surface area contributed by atoms with Gasteiger partial charge in [0.05, 0.1) is 17.8 Å². The van der Waals surface area contributed by atoms with Crippen LogP contribution in [-0.4, -0.2) is 38.3 Å². The number of aromatic nitrogens is 2. The largest absolute Gasteiger partial charge is 0.326 e. The van der Waals surface area contributed by atoms with Gasteiger partial charge < -0.3 is 11.5 Å². The van der Waals surface area contributed by atoms with Crippen molar-refractivity contribution in [2.45, 2.75) is 38.2 Å². The van der Waals surface area contributed by atoms with E-state index >= 15 is 0 Å². The molecule has 1 aromatic heterocycles. The van der Waals surface area contributed by atoms with Crippen LogP contribution >= 0.6 is 11.8 Å². The molecule has 0 saturated heterocycles. The molecule has 1 aliphatic rings. The fourth-order valence-corrected chi connectivity index (χ4v) is 4.34. The van der Waals surface area contributed by atoms with Gasteiger partial charge in [-0.25, -0.2) is 0 Å². The van der Waals surface area contributed by atoms with Crippen LogP contribution in [0.15, 0.2) is 47.6 Å². The number of aryl methyl sites for hydroxylation is 2. The van der Waals surface area contributed by atoms with Gasteiger partial charge in [0.1, 0.15) is 10.5 Å². The van der Waals surface area contributed by atoms with Crippen LogP contribution in [0.3, 0.4) is 0 Å². The monoisotopic (exact) mass is 394 g/mol. The van der Waals surface area contributed by atoms with Gasteiger partial charge in [-0.05, 0) is 43.0 Å². The molecule has 6 nitrogen and oxygen atoms in total. The quantitative estimate of drug-likeness (QED) is 0.597. The van der Waals surface area contributed by atoms with Crippen LogP contribution in [-0.2, 0) is 12.8 Å². The first-order valence-corrected chi connectivity index (χ1v) is 10.5. The molecule has 0 spiro atoms. The van der Waals surface area contributed by atoms with Gasteiger partial charge in [0.2, 0.25) is 0 Å². The molecule has 28 heavy (non-hydrogen) atoms. The van der Waals surface area contributed by atoms with E-state index in [-0.39, 0.29) is 11.5 Å². The van der Waals surface area contributed by atoms with E-state index in [1.165, 1.54) is 11.1 Å². The number of rotatable bonds is 6. The minimum atomic E-state index is -0.218. The van der Waals surface area contributed by atoms with Crippen LogP contribution < -0.4 is 11.5 Å². The highest BCUT2D eigenvalue weighted by atomic mass is 32.2. The van der Waals surface area contributed by atoms with Crippen LogP contribution in [0, 0.1) is 6.92 Å². The minimum Gasteiger partial charge on any atom is -0.326 e. The summed E-state index contributed by atoms with van der Waals surface area (Å²) in [4.78, 5) is 0. The van der Waals surface area contributed by atoms with E-state index in [4.69, 9.17) is 16.6 Å². The van der Waals surface area contributed by atoms with Crippen molar-refractivity contribution in [1.29, 1.82) is 0 Å². The number of nitrogens with zero attached hydrogens (tertiary/aromatic N) is 3. The molecular formula is C21H26N6S. The number of hydrogen-bond donors (Lipinski definition) is 3. The molecule has 0 aliphatic carbocycles. The van der Waals surface area contributed by atoms with E-state index < -0.39 is 0 Å². The van der Waals surface area contributed by atoms with E-state index in [0.717, 1.165) is 40.0 Å². The fourth-order valence-electron chi connectivity index (χ4n) is 3.44. The highest BCUT2D eigenvalue weighted by Crippen LogP contribution is 2.28. The van der Waals surface area contributed by atoms with Crippen LogP contribution in [0.25, 0.3) is 10.9 Å². The lowest BCUT2D eigenvalue weighted by Gasteiger charge is -2.22. The van der Waals surface area contributed by atoms with Crippen LogP contribution in [0.1, 0.15) is 29.3 Å². The molecule has 1 aliphatic heterocycles. The molecule has 2 aromatic carbocycles. The Balaban J connectivity index is 1.45. The molecule has 0 radical (unpaired) electrons. The second-order valence-corrected chi connectivity index (χ2v) is 8.34. The van der Waals surface area contributed by atoms with Gasteiger partial charge in [0, 0.05) is 17.0 Å². The summed E-state index contributed by atoms with van der Waals surface area (Å²) >= 11 is 1.56. The molecule has 2 atom stereocenters. The Morgan fingerprint density at radius 2 is 1.93 bits per heavy atom. The maximum absolute atomic E-state index is 6.39. The lowest BCUT2D eigenvalue weighted by atomic mass is 10.0. The van der Waals surface area contributed by atoms with Gasteiger partial charge in [-0.15, -0.1) is 0 Å². The summed E-state index contributed by atoms with van der Waals surface area (Å²) in [7, 11) is 0. The first-order chi connectivity index (χ1) is 13.5. The number of H-pyrrole nitrogens is 1. The molecule has 1 unspecified atom stereocenters. The summed E-state index contributed by atoms with van der Waals surface area (Å²) in [5.74, 6) is 0.